The summed E-state index contributed by atoms with van der Waals surface area (Å²) in [7, 11) is 0. The molecule has 0 saturated carbocycles. The molecule has 0 atom stereocenters. The van der Waals surface area contributed by atoms with E-state index < -0.39 is 5.97 Å². The Kier molecular flexibility index (Phi) is 6.36. The molecule has 3 nitrogen and oxygen atoms in total. The average molecular weight is 225 g/mol. The van der Waals surface area contributed by atoms with Gasteiger partial charge in [0.05, 0.1) is 0 Å². The third-order valence-corrected chi connectivity index (χ3v) is 1.47. The Hall–Kier alpha value is -0.930. The first-order valence-electron chi connectivity index (χ1n) is 3.15. The van der Waals surface area contributed by atoms with Crippen molar-refractivity contribution in [2.24, 2.45) is 0 Å². The topological polar surface area (TPSA) is 57.5 Å². The van der Waals surface area contributed by atoms with E-state index in [2.05, 4.69) is 0 Å². The maximum absolute atomic E-state index is 10.4. The summed E-state index contributed by atoms with van der Waals surface area (Å²) in [6.45, 7) is 1.65. The zero-order valence-corrected chi connectivity index (χ0v) is 8.48. The SMILES string of the molecule is Cc1cccc(C(=O)O)c1O.Cl.Cl. The summed E-state index contributed by atoms with van der Waals surface area (Å²) in [5.41, 5.74) is 0.523. The van der Waals surface area contributed by atoms with Crippen molar-refractivity contribution >= 4 is 30.8 Å². The summed E-state index contributed by atoms with van der Waals surface area (Å²) in [5, 5.41) is 17.7. The zero-order valence-electron chi connectivity index (χ0n) is 6.85. The Bertz CT molecular complexity index is 299. The molecule has 0 spiro atoms. The van der Waals surface area contributed by atoms with Gasteiger partial charge in [0.25, 0.3) is 0 Å². The smallest absolute Gasteiger partial charge is 0.339 e. The van der Waals surface area contributed by atoms with E-state index in [1.54, 1.807) is 19.1 Å². The molecule has 0 radical (unpaired) electrons. The lowest BCUT2D eigenvalue weighted by Gasteiger charge is -2.00. The number of rotatable bonds is 1. The zero-order chi connectivity index (χ0) is 8.43. The molecule has 0 amide bonds. The quantitative estimate of drug-likeness (QED) is 0.770. The summed E-state index contributed by atoms with van der Waals surface area (Å²) >= 11 is 0. The summed E-state index contributed by atoms with van der Waals surface area (Å²) in [6, 6.07) is 4.62. The molecule has 0 aliphatic heterocycles. The molecule has 0 aliphatic rings. The number of halogens is 2. The number of hydrogen-bond acceptors (Lipinski definition) is 2. The molecule has 0 heterocycles. The number of para-hydroxylation sites is 1. The number of carbonyl (C=O) groups is 1. The van der Waals surface area contributed by atoms with Crippen molar-refractivity contribution in [2.75, 3.05) is 0 Å². The van der Waals surface area contributed by atoms with E-state index in [1.807, 2.05) is 0 Å². The van der Waals surface area contributed by atoms with Crippen LogP contribution in [0.15, 0.2) is 18.2 Å². The molecule has 0 aliphatic carbocycles. The maximum Gasteiger partial charge on any atom is 0.339 e. The number of carboxylic acid groups (broad SMARTS) is 1. The molecule has 0 fully saturated rings. The fraction of sp³-hybridized carbons (Fsp3) is 0.125. The van der Waals surface area contributed by atoms with E-state index >= 15 is 0 Å². The molecule has 1 aromatic carbocycles. The van der Waals surface area contributed by atoms with Gasteiger partial charge in [-0.15, -0.1) is 24.8 Å². The summed E-state index contributed by atoms with van der Waals surface area (Å²) in [6.07, 6.45) is 0. The van der Waals surface area contributed by atoms with Gasteiger partial charge >= 0.3 is 5.97 Å². The summed E-state index contributed by atoms with van der Waals surface area (Å²) in [4.78, 5) is 10.4. The normalized spacial score (nSPS) is 8.08. The average Bonchev–Trinajstić information content (AvgIpc) is 1.94. The van der Waals surface area contributed by atoms with Crippen LogP contribution >= 0.6 is 24.8 Å². The fourth-order valence-electron chi connectivity index (χ4n) is 0.832. The van der Waals surface area contributed by atoms with Crippen molar-refractivity contribution in [3.63, 3.8) is 0 Å². The molecule has 0 saturated heterocycles. The van der Waals surface area contributed by atoms with Gasteiger partial charge in [-0.3, -0.25) is 0 Å². The fourth-order valence-corrected chi connectivity index (χ4v) is 0.832. The lowest BCUT2D eigenvalue weighted by Crippen LogP contribution is -1.96. The van der Waals surface area contributed by atoms with Crippen molar-refractivity contribution in [3.05, 3.63) is 29.3 Å². The van der Waals surface area contributed by atoms with Crippen molar-refractivity contribution in [2.45, 2.75) is 6.92 Å². The molecule has 13 heavy (non-hydrogen) atoms. The number of aromatic carboxylic acids is 1. The molecule has 2 N–H and O–H groups in total. The van der Waals surface area contributed by atoms with Crippen LogP contribution in [0, 0.1) is 6.92 Å². The van der Waals surface area contributed by atoms with Crippen LogP contribution in [0.5, 0.6) is 5.75 Å². The number of aryl methyl sites for hydroxylation is 1. The van der Waals surface area contributed by atoms with Gasteiger partial charge in [0.15, 0.2) is 0 Å². The van der Waals surface area contributed by atoms with Crippen LogP contribution in [0.4, 0.5) is 0 Å². The van der Waals surface area contributed by atoms with Gasteiger partial charge in [-0.05, 0) is 18.6 Å². The third-order valence-electron chi connectivity index (χ3n) is 1.47. The van der Waals surface area contributed by atoms with Crippen LogP contribution in [0.25, 0.3) is 0 Å². The second-order valence-corrected chi connectivity index (χ2v) is 2.28. The van der Waals surface area contributed by atoms with Gasteiger partial charge in [0.2, 0.25) is 0 Å². The predicted molar refractivity (Wildman–Crippen MR) is 54.3 cm³/mol. The Morgan fingerprint density at radius 3 is 2.23 bits per heavy atom. The molecule has 0 aromatic heterocycles. The largest absolute Gasteiger partial charge is 0.507 e. The van der Waals surface area contributed by atoms with Crippen LogP contribution in [0.2, 0.25) is 0 Å². The minimum absolute atomic E-state index is 0. The van der Waals surface area contributed by atoms with Crippen molar-refractivity contribution in [1.29, 1.82) is 0 Å². The first-order chi connectivity index (χ1) is 5.13. The Morgan fingerprint density at radius 1 is 1.31 bits per heavy atom. The van der Waals surface area contributed by atoms with E-state index in [0.717, 1.165) is 0 Å². The van der Waals surface area contributed by atoms with E-state index in [9.17, 15) is 9.90 Å². The van der Waals surface area contributed by atoms with Crippen LogP contribution in [0.3, 0.4) is 0 Å². The van der Waals surface area contributed by atoms with Crippen molar-refractivity contribution in [3.8, 4) is 5.75 Å². The monoisotopic (exact) mass is 224 g/mol. The molecule has 1 rings (SSSR count). The highest BCUT2D eigenvalue weighted by Crippen LogP contribution is 2.20. The Morgan fingerprint density at radius 2 is 1.85 bits per heavy atom. The van der Waals surface area contributed by atoms with E-state index in [4.69, 9.17) is 5.11 Å². The number of carboxylic acids is 1. The number of aromatic hydroxyl groups is 1. The summed E-state index contributed by atoms with van der Waals surface area (Å²) in [5.74, 6) is -1.26. The Labute approximate surface area is 88.2 Å². The van der Waals surface area contributed by atoms with Gasteiger partial charge in [-0.25, -0.2) is 4.79 Å². The van der Waals surface area contributed by atoms with Crippen LogP contribution < -0.4 is 0 Å². The third kappa shape index (κ3) is 3.13. The minimum atomic E-state index is -1.11. The summed E-state index contributed by atoms with van der Waals surface area (Å²) < 4.78 is 0. The van der Waals surface area contributed by atoms with Gasteiger partial charge in [0.1, 0.15) is 11.3 Å². The van der Waals surface area contributed by atoms with Crippen LogP contribution in [-0.4, -0.2) is 16.2 Å². The first kappa shape index (κ1) is 14.6. The van der Waals surface area contributed by atoms with Gasteiger partial charge in [-0.1, -0.05) is 12.1 Å². The lowest BCUT2D eigenvalue weighted by atomic mass is 10.1. The molecule has 0 bridgehead atoms. The van der Waals surface area contributed by atoms with Crippen LogP contribution in [-0.2, 0) is 0 Å². The Balaban J connectivity index is 0. The van der Waals surface area contributed by atoms with E-state index in [0.29, 0.717) is 5.56 Å². The lowest BCUT2D eigenvalue weighted by molar-refractivity contribution is 0.0693. The second kappa shape index (κ2) is 5.67. The van der Waals surface area contributed by atoms with Gasteiger partial charge < -0.3 is 10.2 Å². The number of benzene rings is 1. The molecular weight excluding hydrogens is 215 g/mol. The van der Waals surface area contributed by atoms with Crippen molar-refractivity contribution in [1.82, 2.24) is 0 Å². The van der Waals surface area contributed by atoms with Crippen LogP contribution in [0.1, 0.15) is 15.9 Å². The first-order valence-corrected chi connectivity index (χ1v) is 3.15. The minimum Gasteiger partial charge on any atom is -0.507 e. The van der Waals surface area contributed by atoms with Gasteiger partial charge in [-0.2, -0.15) is 0 Å². The highest BCUT2D eigenvalue weighted by atomic mass is 35.5. The molecule has 1 aromatic rings. The predicted octanol–water partition coefficient (Wildman–Crippen LogP) is 2.24. The molecular formula is C8H10Cl2O3. The van der Waals surface area contributed by atoms with Gasteiger partial charge in [0, 0.05) is 0 Å². The van der Waals surface area contributed by atoms with E-state index in [-0.39, 0.29) is 36.1 Å². The van der Waals surface area contributed by atoms with Crippen molar-refractivity contribution < 1.29 is 15.0 Å². The second-order valence-electron chi connectivity index (χ2n) is 2.28. The maximum atomic E-state index is 10.4. The molecule has 0 unspecified atom stereocenters. The molecule has 5 heteroatoms. The highest BCUT2D eigenvalue weighted by Gasteiger charge is 2.09. The highest BCUT2D eigenvalue weighted by molar-refractivity contribution is 5.91. The number of phenols is 1. The van der Waals surface area contributed by atoms with E-state index in [1.165, 1.54) is 6.07 Å². The number of hydrogen-bond donors (Lipinski definition) is 2. The standard InChI is InChI=1S/C8H8O3.2ClH/c1-5-3-2-4-6(7(5)9)8(10)11;;/h2-4,9H,1H3,(H,10,11);2*1H. The molecule has 74 valence electrons.